The highest BCUT2D eigenvalue weighted by atomic mass is 79.9. The minimum Gasteiger partial charge on any atom is -0.484 e. The molecular formula is C22H25BrN2O3. The summed E-state index contributed by atoms with van der Waals surface area (Å²) in [6.07, 6.45) is 4.08. The monoisotopic (exact) mass is 444 g/mol. The Balaban J connectivity index is 1.32. The average Bonchev–Trinajstić information content (AvgIpc) is 3.51. The Labute approximate surface area is 174 Å². The second-order valence-electron chi connectivity index (χ2n) is 6.97. The predicted molar refractivity (Wildman–Crippen MR) is 112 cm³/mol. The van der Waals surface area contributed by atoms with Gasteiger partial charge in [-0.2, -0.15) is 0 Å². The fraction of sp³-hybridized carbons (Fsp3) is 0.364. The number of rotatable bonds is 10. The first-order chi connectivity index (χ1) is 13.6. The fourth-order valence-corrected chi connectivity index (χ4v) is 3.27. The maximum absolute atomic E-state index is 12.0. The van der Waals surface area contributed by atoms with E-state index in [2.05, 4.69) is 26.6 Å². The highest BCUT2D eigenvalue weighted by Crippen LogP contribution is 2.19. The van der Waals surface area contributed by atoms with Crippen molar-refractivity contribution in [3.8, 4) is 5.75 Å². The highest BCUT2D eigenvalue weighted by molar-refractivity contribution is 9.10. The third-order valence-corrected chi connectivity index (χ3v) is 5.32. The van der Waals surface area contributed by atoms with Gasteiger partial charge in [-0.1, -0.05) is 46.3 Å². The first kappa shape index (κ1) is 20.4. The molecule has 1 aliphatic rings. The lowest BCUT2D eigenvalue weighted by Crippen LogP contribution is -2.30. The quantitative estimate of drug-likeness (QED) is 0.589. The van der Waals surface area contributed by atoms with Gasteiger partial charge in [-0.15, -0.1) is 0 Å². The summed E-state index contributed by atoms with van der Waals surface area (Å²) in [5.41, 5.74) is 2.25. The van der Waals surface area contributed by atoms with Crippen molar-refractivity contribution in [2.24, 2.45) is 0 Å². The largest absolute Gasteiger partial charge is 0.484 e. The van der Waals surface area contributed by atoms with Crippen LogP contribution in [0, 0.1) is 0 Å². The van der Waals surface area contributed by atoms with Crippen LogP contribution in [-0.2, 0) is 22.4 Å². The van der Waals surface area contributed by atoms with Crippen molar-refractivity contribution >= 4 is 27.7 Å². The van der Waals surface area contributed by atoms with E-state index in [-0.39, 0.29) is 18.4 Å². The van der Waals surface area contributed by atoms with Crippen molar-refractivity contribution in [2.45, 2.75) is 38.1 Å². The lowest BCUT2D eigenvalue weighted by molar-refractivity contribution is -0.123. The van der Waals surface area contributed by atoms with Gasteiger partial charge in [-0.3, -0.25) is 9.59 Å². The zero-order chi connectivity index (χ0) is 19.8. The molecule has 0 bridgehead atoms. The number of hydrogen-bond acceptors (Lipinski definition) is 3. The van der Waals surface area contributed by atoms with Crippen LogP contribution in [0.1, 0.15) is 30.4 Å². The van der Waals surface area contributed by atoms with Gasteiger partial charge in [0.05, 0.1) is 0 Å². The zero-order valence-electron chi connectivity index (χ0n) is 15.7. The molecule has 1 fully saturated rings. The minimum absolute atomic E-state index is 0.0451. The Morgan fingerprint density at radius 2 is 1.75 bits per heavy atom. The summed E-state index contributed by atoms with van der Waals surface area (Å²) in [5.74, 6) is 0.654. The number of carbonyl (C=O) groups excluding carboxylic acids is 2. The average molecular weight is 445 g/mol. The molecule has 0 aliphatic heterocycles. The number of amides is 2. The standard InChI is InChI=1S/C22H25BrN2O3/c23-20-4-2-1-3-17(20)7-12-21(26)24-14-13-16-5-10-19(11-6-16)28-15-22(27)25-18-8-9-18/h1-6,10-11,18H,7-9,12-15H2,(H,24,26)(H,25,27). The maximum Gasteiger partial charge on any atom is 0.258 e. The first-order valence-corrected chi connectivity index (χ1v) is 10.4. The summed E-state index contributed by atoms with van der Waals surface area (Å²) in [5, 5.41) is 5.85. The van der Waals surface area contributed by atoms with E-state index in [9.17, 15) is 9.59 Å². The minimum atomic E-state index is -0.0724. The summed E-state index contributed by atoms with van der Waals surface area (Å²) in [6.45, 7) is 0.641. The summed E-state index contributed by atoms with van der Waals surface area (Å²) in [4.78, 5) is 23.6. The van der Waals surface area contributed by atoms with Gasteiger partial charge >= 0.3 is 0 Å². The van der Waals surface area contributed by atoms with Crippen LogP contribution in [0.15, 0.2) is 53.0 Å². The fourth-order valence-electron chi connectivity index (χ4n) is 2.78. The zero-order valence-corrected chi connectivity index (χ0v) is 17.3. The van der Waals surface area contributed by atoms with Crippen LogP contribution in [0.25, 0.3) is 0 Å². The number of nitrogens with one attached hydrogen (secondary N) is 2. The smallest absolute Gasteiger partial charge is 0.258 e. The second-order valence-corrected chi connectivity index (χ2v) is 7.82. The van der Waals surface area contributed by atoms with Gasteiger partial charge in [0.1, 0.15) is 5.75 Å². The molecule has 0 heterocycles. The van der Waals surface area contributed by atoms with E-state index in [4.69, 9.17) is 4.74 Å². The van der Waals surface area contributed by atoms with E-state index < -0.39 is 0 Å². The third kappa shape index (κ3) is 7.00. The molecule has 0 atom stereocenters. The Kier molecular flexibility index (Phi) is 7.48. The third-order valence-electron chi connectivity index (χ3n) is 4.55. The van der Waals surface area contributed by atoms with Crippen molar-refractivity contribution in [3.05, 3.63) is 64.1 Å². The van der Waals surface area contributed by atoms with Crippen LogP contribution in [0.4, 0.5) is 0 Å². The Hall–Kier alpha value is -2.34. The van der Waals surface area contributed by atoms with Gasteiger partial charge < -0.3 is 15.4 Å². The number of carbonyl (C=O) groups is 2. The van der Waals surface area contributed by atoms with Crippen molar-refractivity contribution in [3.63, 3.8) is 0 Å². The molecule has 2 amide bonds. The molecule has 2 aromatic carbocycles. The molecule has 1 aliphatic carbocycles. The van der Waals surface area contributed by atoms with E-state index in [0.717, 1.165) is 34.9 Å². The first-order valence-electron chi connectivity index (χ1n) is 9.61. The van der Waals surface area contributed by atoms with Gasteiger partial charge in [0, 0.05) is 23.5 Å². The van der Waals surface area contributed by atoms with Gasteiger partial charge in [0.25, 0.3) is 5.91 Å². The number of hydrogen-bond donors (Lipinski definition) is 2. The normalized spacial score (nSPS) is 13.0. The molecule has 6 heteroatoms. The van der Waals surface area contributed by atoms with Gasteiger partial charge in [-0.05, 0) is 55.0 Å². The summed E-state index contributed by atoms with van der Waals surface area (Å²) in [6, 6.07) is 15.9. The number of ether oxygens (including phenoxy) is 1. The molecule has 0 spiro atoms. The Bertz CT molecular complexity index is 804. The van der Waals surface area contributed by atoms with Crippen LogP contribution >= 0.6 is 15.9 Å². The van der Waals surface area contributed by atoms with Crippen LogP contribution in [-0.4, -0.2) is 31.0 Å². The molecule has 5 nitrogen and oxygen atoms in total. The lowest BCUT2D eigenvalue weighted by atomic mass is 10.1. The molecule has 3 rings (SSSR count). The van der Waals surface area contributed by atoms with Crippen molar-refractivity contribution < 1.29 is 14.3 Å². The van der Waals surface area contributed by atoms with Crippen LogP contribution in [0.3, 0.4) is 0 Å². The van der Waals surface area contributed by atoms with E-state index in [1.54, 1.807) is 0 Å². The SMILES string of the molecule is O=C(CCc1ccccc1Br)NCCc1ccc(OCC(=O)NC2CC2)cc1. The van der Waals surface area contributed by atoms with E-state index in [1.165, 1.54) is 0 Å². The molecule has 28 heavy (non-hydrogen) atoms. The molecule has 2 N–H and O–H groups in total. The summed E-state index contributed by atoms with van der Waals surface area (Å²) >= 11 is 3.50. The van der Waals surface area contributed by atoms with Crippen molar-refractivity contribution in [2.75, 3.05) is 13.2 Å². The summed E-state index contributed by atoms with van der Waals surface area (Å²) < 4.78 is 6.53. The van der Waals surface area contributed by atoms with Crippen molar-refractivity contribution in [1.82, 2.24) is 10.6 Å². The molecule has 0 radical (unpaired) electrons. The number of halogens is 1. The summed E-state index contributed by atoms with van der Waals surface area (Å²) in [7, 11) is 0. The maximum atomic E-state index is 12.0. The van der Waals surface area contributed by atoms with Crippen LogP contribution in [0.5, 0.6) is 5.75 Å². The lowest BCUT2D eigenvalue weighted by Gasteiger charge is -2.09. The van der Waals surface area contributed by atoms with Crippen LogP contribution in [0.2, 0.25) is 0 Å². The van der Waals surface area contributed by atoms with Gasteiger partial charge in [-0.25, -0.2) is 0 Å². The molecule has 2 aromatic rings. The number of benzene rings is 2. The topological polar surface area (TPSA) is 67.4 Å². The molecule has 0 saturated heterocycles. The predicted octanol–water partition coefficient (Wildman–Crippen LogP) is 3.40. The van der Waals surface area contributed by atoms with E-state index >= 15 is 0 Å². The van der Waals surface area contributed by atoms with E-state index in [1.807, 2.05) is 48.5 Å². The molecule has 0 unspecified atom stereocenters. The van der Waals surface area contributed by atoms with Gasteiger partial charge in [0.2, 0.25) is 5.91 Å². The van der Waals surface area contributed by atoms with Crippen molar-refractivity contribution in [1.29, 1.82) is 0 Å². The Morgan fingerprint density at radius 3 is 2.46 bits per heavy atom. The molecule has 0 aromatic heterocycles. The Morgan fingerprint density at radius 1 is 1.00 bits per heavy atom. The number of aryl methyl sites for hydroxylation is 1. The molecule has 1 saturated carbocycles. The van der Waals surface area contributed by atoms with E-state index in [0.29, 0.717) is 31.2 Å². The second kappa shape index (κ2) is 10.3. The molecule has 148 valence electrons. The highest BCUT2D eigenvalue weighted by Gasteiger charge is 2.23. The van der Waals surface area contributed by atoms with Crippen LogP contribution < -0.4 is 15.4 Å². The van der Waals surface area contributed by atoms with Gasteiger partial charge in [0.15, 0.2) is 6.61 Å². The molecular weight excluding hydrogens is 420 g/mol.